The highest BCUT2D eigenvalue weighted by atomic mass is 19.1. The molecule has 4 N–H and O–H groups in total. The van der Waals surface area contributed by atoms with Crippen LogP contribution in [0.5, 0.6) is 0 Å². The molecule has 0 radical (unpaired) electrons. The summed E-state index contributed by atoms with van der Waals surface area (Å²) in [6.07, 6.45) is 0. The maximum absolute atomic E-state index is 13.0. The van der Waals surface area contributed by atoms with Crippen LogP contribution in [0.2, 0.25) is 0 Å². The first kappa shape index (κ1) is 22.9. The summed E-state index contributed by atoms with van der Waals surface area (Å²) in [7, 11) is 0. The first-order chi connectivity index (χ1) is 14.7. The van der Waals surface area contributed by atoms with Gasteiger partial charge in [-0.2, -0.15) is 0 Å². The highest BCUT2D eigenvalue weighted by Crippen LogP contribution is 2.23. The van der Waals surface area contributed by atoms with E-state index in [1.54, 1.807) is 12.1 Å². The van der Waals surface area contributed by atoms with Crippen molar-refractivity contribution in [2.45, 2.75) is 26.2 Å². The number of anilines is 2. The molecule has 2 aromatic carbocycles. The van der Waals surface area contributed by atoms with Gasteiger partial charge >= 0.3 is 0 Å². The van der Waals surface area contributed by atoms with E-state index in [1.165, 1.54) is 27.5 Å². The number of quaternary nitrogens is 2. The van der Waals surface area contributed by atoms with Gasteiger partial charge in [-0.3, -0.25) is 9.59 Å². The molecule has 2 amide bonds. The monoisotopic (exact) mass is 428 g/mol. The van der Waals surface area contributed by atoms with Gasteiger partial charge in [0.25, 0.3) is 11.8 Å². The Kier molecular flexibility index (Phi) is 7.41. The fraction of sp³-hybridized carbons (Fsp3) is 0.417. The van der Waals surface area contributed by atoms with Crippen molar-refractivity contribution in [2.24, 2.45) is 0 Å². The van der Waals surface area contributed by atoms with Crippen molar-refractivity contribution >= 4 is 23.2 Å². The second kappa shape index (κ2) is 10.0. The van der Waals surface area contributed by atoms with Gasteiger partial charge in [0, 0.05) is 11.4 Å². The molecule has 1 aliphatic rings. The second-order valence-corrected chi connectivity index (χ2v) is 9.28. The number of benzene rings is 2. The Morgan fingerprint density at radius 1 is 0.774 bits per heavy atom. The molecular weight excluding hydrogens is 395 g/mol. The lowest BCUT2D eigenvalue weighted by atomic mass is 9.87. The molecule has 3 rings (SSSR count). The van der Waals surface area contributed by atoms with Crippen molar-refractivity contribution in [1.82, 2.24) is 0 Å². The third kappa shape index (κ3) is 7.15. The average Bonchev–Trinajstić information content (AvgIpc) is 2.71. The first-order valence-electron chi connectivity index (χ1n) is 10.8. The predicted molar refractivity (Wildman–Crippen MR) is 120 cm³/mol. The minimum atomic E-state index is -0.325. The zero-order valence-electron chi connectivity index (χ0n) is 18.6. The summed E-state index contributed by atoms with van der Waals surface area (Å²) in [6.45, 7) is 10.6. The molecule has 0 atom stereocenters. The van der Waals surface area contributed by atoms with E-state index in [0.29, 0.717) is 18.8 Å². The normalized spacial score (nSPS) is 19.0. The third-order valence-corrected chi connectivity index (χ3v) is 5.65. The fourth-order valence-electron chi connectivity index (χ4n) is 3.76. The van der Waals surface area contributed by atoms with Crippen LogP contribution in [0.15, 0.2) is 48.5 Å². The Labute approximate surface area is 183 Å². The molecule has 1 saturated heterocycles. The van der Waals surface area contributed by atoms with E-state index in [1.807, 2.05) is 12.1 Å². The van der Waals surface area contributed by atoms with Crippen molar-refractivity contribution in [2.75, 3.05) is 49.9 Å². The minimum Gasteiger partial charge on any atom is -0.321 e. The number of hydrogen-bond donors (Lipinski definition) is 4. The SMILES string of the molecule is CC(C)(C)c1ccc(NC(=O)C[NH+]2CC[NH+](CC(=O)Nc3ccc(F)cc3)CC2)cc1. The summed E-state index contributed by atoms with van der Waals surface area (Å²) in [5.41, 5.74) is 2.74. The van der Waals surface area contributed by atoms with E-state index in [-0.39, 0.29) is 23.0 Å². The highest BCUT2D eigenvalue weighted by molar-refractivity contribution is 5.92. The van der Waals surface area contributed by atoms with Gasteiger partial charge in [-0.15, -0.1) is 0 Å². The molecule has 1 aliphatic heterocycles. The zero-order chi connectivity index (χ0) is 22.4. The van der Waals surface area contributed by atoms with Gasteiger partial charge in [0.2, 0.25) is 0 Å². The number of halogens is 1. The second-order valence-electron chi connectivity index (χ2n) is 9.28. The summed E-state index contributed by atoms with van der Waals surface area (Å²) in [4.78, 5) is 27.1. The quantitative estimate of drug-likeness (QED) is 0.541. The molecule has 0 spiro atoms. The van der Waals surface area contributed by atoms with Crippen LogP contribution in [0.25, 0.3) is 0 Å². The van der Waals surface area contributed by atoms with Crippen LogP contribution in [0, 0.1) is 5.82 Å². The average molecular weight is 429 g/mol. The van der Waals surface area contributed by atoms with E-state index in [0.717, 1.165) is 31.9 Å². The molecule has 1 heterocycles. The topological polar surface area (TPSA) is 67.1 Å². The van der Waals surface area contributed by atoms with E-state index >= 15 is 0 Å². The fourth-order valence-corrected chi connectivity index (χ4v) is 3.76. The van der Waals surface area contributed by atoms with E-state index in [2.05, 4.69) is 43.5 Å². The molecular formula is C24H33FN4O2+2. The van der Waals surface area contributed by atoms with Gasteiger partial charge in [0.1, 0.15) is 32.0 Å². The van der Waals surface area contributed by atoms with Gasteiger partial charge in [-0.05, 0) is 47.4 Å². The molecule has 6 nitrogen and oxygen atoms in total. The number of amides is 2. The number of carbonyl (C=O) groups excluding carboxylic acids is 2. The number of piperazine rings is 1. The van der Waals surface area contributed by atoms with Gasteiger partial charge in [0.15, 0.2) is 13.1 Å². The van der Waals surface area contributed by atoms with Crippen LogP contribution in [-0.2, 0) is 15.0 Å². The van der Waals surface area contributed by atoms with Crippen molar-refractivity contribution < 1.29 is 23.8 Å². The Bertz CT molecular complexity index is 883. The van der Waals surface area contributed by atoms with Crippen molar-refractivity contribution in [1.29, 1.82) is 0 Å². The van der Waals surface area contributed by atoms with Crippen molar-refractivity contribution in [3.63, 3.8) is 0 Å². The van der Waals surface area contributed by atoms with Crippen LogP contribution >= 0.6 is 0 Å². The number of hydrogen-bond acceptors (Lipinski definition) is 2. The summed E-state index contributed by atoms with van der Waals surface area (Å²) in [5.74, 6) is -0.397. The molecule has 1 fully saturated rings. The van der Waals surface area contributed by atoms with E-state index < -0.39 is 0 Å². The van der Waals surface area contributed by atoms with E-state index in [4.69, 9.17) is 0 Å². The maximum atomic E-state index is 13.0. The summed E-state index contributed by atoms with van der Waals surface area (Å²) in [6, 6.07) is 13.8. The van der Waals surface area contributed by atoms with Crippen LogP contribution in [0.3, 0.4) is 0 Å². The van der Waals surface area contributed by atoms with Crippen LogP contribution in [-0.4, -0.2) is 51.1 Å². The molecule has 0 saturated carbocycles. The van der Waals surface area contributed by atoms with Crippen molar-refractivity contribution in [3.8, 4) is 0 Å². The molecule has 0 aliphatic carbocycles. The van der Waals surface area contributed by atoms with Crippen LogP contribution in [0.1, 0.15) is 26.3 Å². The molecule has 166 valence electrons. The lowest BCUT2D eigenvalue weighted by Crippen LogP contribution is -3.28. The Morgan fingerprint density at radius 2 is 1.16 bits per heavy atom. The third-order valence-electron chi connectivity index (χ3n) is 5.65. The summed E-state index contributed by atoms with van der Waals surface area (Å²) in [5, 5.41) is 5.79. The Balaban J connectivity index is 1.38. The summed E-state index contributed by atoms with van der Waals surface area (Å²) >= 11 is 0. The highest BCUT2D eigenvalue weighted by Gasteiger charge is 2.26. The smallest absolute Gasteiger partial charge is 0.279 e. The number of carbonyl (C=O) groups is 2. The molecule has 0 aromatic heterocycles. The van der Waals surface area contributed by atoms with Gasteiger partial charge < -0.3 is 20.4 Å². The standard InChI is InChI=1S/C24H31FN4O2/c1-24(2,3)18-4-8-20(9-5-18)26-22(30)16-28-12-14-29(15-13-28)17-23(31)27-21-10-6-19(25)7-11-21/h4-11H,12-17H2,1-3H3,(H,26,30)(H,27,31)/p+2. The molecule has 2 aromatic rings. The van der Waals surface area contributed by atoms with Gasteiger partial charge in [-0.1, -0.05) is 32.9 Å². The predicted octanol–water partition coefficient (Wildman–Crippen LogP) is 0.484. The zero-order valence-corrected chi connectivity index (χ0v) is 18.6. The number of rotatable bonds is 6. The Morgan fingerprint density at radius 3 is 1.55 bits per heavy atom. The molecule has 31 heavy (non-hydrogen) atoms. The maximum Gasteiger partial charge on any atom is 0.279 e. The molecule has 7 heteroatoms. The van der Waals surface area contributed by atoms with Crippen molar-refractivity contribution in [3.05, 3.63) is 59.9 Å². The first-order valence-corrected chi connectivity index (χ1v) is 10.8. The number of nitrogens with one attached hydrogen (secondary N) is 4. The van der Waals surface area contributed by atoms with Gasteiger partial charge in [0.05, 0.1) is 0 Å². The van der Waals surface area contributed by atoms with Crippen LogP contribution in [0.4, 0.5) is 15.8 Å². The summed E-state index contributed by atoms with van der Waals surface area (Å²) < 4.78 is 13.0. The molecule has 0 bridgehead atoms. The lowest BCUT2D eigenvalue weighted by molar-refractivity contribution is -1.00. The Hall–Kier alpha value is -2.77. The molecule has 0 unspecified atom stereocenters. The lowest BCUT2D eigenvalue weighted by Gasteiger charge is -2.29. The minimum absolute atomic E-state index is 0.0102. The van der Waals surface area contributed by atoms with Crippen LogP contribution < -0.4 is 20.4 Å². The van der Waals surface area contributed by atoms with E-state index in [9.17, 15) is 14.0 Å². The van der Waals surface area contributed by atoms with Gasteiger partial charge in [-0.25, -0.2) is 4.39 Å². The largest absolute Gasteiger partial charge is 0.321 e.